The number of allylic oxidation sites excluding steroid dienone is 5. The molecule has 0 aromatic rings. The van der Waals surface area contributed by atoms with Gasteiger partial charge in [-0.15, -0.1) is 0 Å². The highest BCUT2D eigenvalue weighted by Crippen LogP contribution is 2.60. The average Bonchev–Trinajstić information content (AvgIpc) is 2.82. The highest BCUT2D eigenvalue weighted by molar-refractivity contribution is 5.42. The van der Waals surface area contributed by atoms with Crippen LogP contribution in [0.5, 0.6) is 0 Å². The van der Waals surface area contributed by atoms with E-state index in [9.17, 15) is 0 Å². The molecule has 0 aliphatic heterocycles. The molecule has 5 atom stereocenters. The van der Waals surface area contributed by atoms with Crippen LogP contribution in [0.2, 0.25) is 0 Å². The second kappa shape index (κ2) is 4.36. The second-order valence-corrected chi connectivity index (χ2v) is 8.08. The SMILES string of the molecule is C=C1C=C2CCC3C(=CCC4C3CC[C@@H]4C)[C@@]2(C)CC1. The fourth-order valence-corrected chi connectivity index (χ4v) is 5.90. The molecule has 2 fully saturated rings. The Morgan fingerprint density at radius 1 is 1.15 bits per heavy atom. The predicted octanol–water partition coefficient (Wildman–Crippen LogP) is 5.67. The molecule has 0 heteroatoms. The molecule has 4 aliphatic rings. The number of rotatable bonds is 0. The van der Waals surface area contributed by atoms with E-state index in [-0.39, 0.29) is 0 Å². The molecule has 0 radical (unpaired) electrons. The lowest BCUT2D eigenvalue weighted by atomic mass is 9.54. The molecular weight excluding hydrogens is 240 g/mol. The van der Waals surface area contributed by atoms with E-state index in [0.717, 1.165) is 23.7 Å². The van der Waals surface area contributed by atoms with E-state index in [2.05, 4.69) is 32.6 Å². The first kappa shape index (κ1) is 12.9. The van der Waals surface area contributed by atoms with Crippen molar-refractivity contribution < 1.29 is 0 Å². The van der Waals surface area contributed by atoms with Gasteiger partial charge >= 0.3 is 0 Å². The second-order valence-electron chi connectivity index (χ2n) is 8.08. The van der Waals surface area contributed by atoms with Crippen LogP contribution in [-0.4, -0.2) is 0 Å². The zero-order valence-corrected chi connectivity index (χ0v) is 13.1. The van der Waals surface area contributed by atoms with Gasteiger partial charge in [-0.25, -0.2) is 0 Å². The molecule has 2 saturated carbocycles. The van der Waals surface area contributed by atoms with E-state index < -0.39 is 0 Å². The first-order valence-electron chi connectivity index (χ1n) is 8.69. The molecule has 0 bridgehead atoms. The van der Waals surface area contributed by atoms with Gasteiger partial charge in [0.05, 0.1) is 0 Å². The van der Waals surface area contributed by atoms with Gasteiger partial charge in [0.25, 0.3) is 0 Å². The van der Waals surface area contributed by atoms with Crippen molar-refractivity contribution in [3.63, 3.8) is 0 Å². The lowest BCUT2D eigenvalue weighted by Crippen LogP contribution is -2.39. The van der Waals surface area contributed by atoms with Gasteiger partial charge in [0.2, 0.25) is 0 Å². The van der Waals surface area contributed by atoms with E-state index in [1.165, 1.54) is 50.5 Å². The maximum Gasteiger partial charge on any atom is 0.0101 e. The van der Waals surface area contributed by atoms with Gasteiger partial charge in [-0.1, -0.05) is 55.7 Å². The third kappa shape index (κ3) is 1.66. The van der Waals surface area contributed by atoms with Crippen molar-refractivity contribution in [1.82, 2.24) is 0 Å². The van der Waals surface area contributed by atoms with Crippen LogP contribution in [-0.2, 0) is 0 Å². The van der Waals surface area contributed by atoms with Crippen LogP contribution in [0, 0.1) is 29.1 Å². The summed E-state index contributed by atoms with van der Waals surface area (Å²) < 4.78 is 0. The van der Waals surface area contributed by atoms with Gasteiger partial charge in [-0.2, -0.15) is 0 Å². The Bertz CT molecular complexity index is 506. The molecule has 20 heavy (non-hydrogen) atoms. The zero-order chi connectivity index (χ0) is 13.9. The summed E-state index contributed by atoms with van der Waals surface area (Å²) in [6.07, 6.45) is 14.7. The normalized spacial score (nSPS) is 47.0. The van der Waals surface area contributed by atoms with Crippen LogP contribution in [0.1, 0.15) is 58.8 Å². The lowest BCUT2D eigenvalue weighted by Gasteiger charge is -2.50. The minimum absolute atomic E-state index is 0.390. The van der Waals surface area contributed by atoms with Gasteiger partial charge < -0.3 is 0 Å². The van der Waals surface area contributed by atoms with Crippen LogP contribution >= 0.6 is 0 Å². The summed E-state index contributed by atoms with van der Waals surface area (Å²) in [5, 5.41) is 0. The monoisotopic (exact) mass is 268 g/mol. The van der Waals surface area contributed by atoms with Crippen molar-refractivity contribution in [3.8, 4) is 0 Å². The Kier molecular flexibility index (Phi) is 2.81. The summed E-state index contributed by atoms with van der Waals surface area (Å²) in [4.78, 5) is 0. The van der Waals surface area contributed by atoms with Crippen molar-refractivity contribution in [1.29, 1.82) is 0 Å². The predicted molar refractivity (Wildman–Crippen MR) is 85.4 cm³/mol. The number of fused-ring (bicyclic) bond motifs is 5. The quantitative estimate of drug-likeness (QED) is 0.496. The summed E-state index contributed by atoms with van der Waals surface area (Å²) >= 11 is 0. The van der Waals surface area contributed by atoms with Crippen LogP contribution in [0.15, 0.2) is 35.5 Å². The smallest absolute Gasteiger partial charge is 0.0101 e. The maximum atomic E-state index is 4.21. The summed E-state index contributed by atoms with van der Waals surface area (Å²) in [5.41, 5.74) is 5.28. The molecule has 0 aromatic carbocycles. The molecule has 4 aliphatic carbocycles. The van der Waals surface area contributed by atoms with Crippen molar-refractivity contribution >= 4 is 0 Å². The molecule has 108 valence electrons. The van der Waals surface area contributed by atoms with E-state index in [0.29, 0.717) is 5.41 Å². The van der Waals surface area contributed by atoms with Gasteiger partial charge in [0.15, 0.2) is 0 Å². The van der Waals surface area contributed by atoms with Crippen molar-refractivity contribution in [3.05, 3.63) is 35.5 Å². The standard InChI is InChI=1S/C20H28/c1-13-10-11-20(3)15(12-13)5-7-18-17-6-4-14(2)16(17)8-9-19(18)20/h9,12,14,16-18H,1,4-8,10-11H2,2-3H3/t14-,16?,17?,18?,20-/m0/s1. The number of hydrogen-bond acceptors (Lipinski definition) is 0. The first-order valence-corrected chi connectivity index (χ1v) is 8.69. The van der Waals surface area contributed by atoms with Gasteiger partial charge in [-0.05, 0) is 62.2 Å². The largest absolute Gasteiger partial charge is 0.0958 e. The molecule has 0 heterocycles. The van der Waals surface area contributed by atoms with Gasteiger partial charge in [0, 0.05) is 5.41 Å². The van der Waals surface area contributed by atoms with Crippen molar-refractivity contribution in [2.45, 2.75) is 58.8 Å². The Hall–Kier alpha value is -0.780. The molecular formula is C20H28. The number of hydrogen-bond donors (Lipinski definition) is 0. The van der Waals surface area contributed by atoms with Crippen LogP contribution in [0.25, 0.3) is 0 Å². The maximum absolute atomic E-state index is 4.21. The van der Waals surface area contributed by atoms with Crippen LogP contribution in [0.3, 0.4) is 0 Å². The summed E-state index contributed by atoms with van der Waals surface area (Å²) in [6, 6.07) is 0. The summed E-state index contributed by atoms with van der Waals surface area (Å²) in [5.74, 6) is 3.88. The average molecular weight is 268 g/mol. The van der Waals surface area contributed by atoms with Gasteiger partial charge in [-0.3, -0.25) is 0 Å². The minimum atomic E-state index is 0.390. The van der Waals surface area contributed by atoms with E-state index in [1.54, 1.807) is 5.57 Å². The third-order valence-electron chi connectivity index (χ3n) is 7.16. The summed E-state index contributed by atoms with van der Waals surface area (Å²) in [7, 11) is 0. The Morgan fingerprint density at radius 2 is 2.00 bits per heavy atom. The first-order chi connectivity index (χ1) is 9.59. The van der Waals surface area contributed by atoms with E-state index in [1.807, 2.05) is 5.57 Å². The van der Waals surface area contributed by atoms with Crippen molar-refractivity contribution in [2.75, 3.05) is 0 Å². The lowest BCUT2D eigenvalue weighted by molar-refractivity contribution is 0.179. The highest BCUT2D eigenvalue weighted by atomic mass is 14.5. The highest BCUT2D eigenvalue weighted by Gasteiger charge is 2.49. The summed E-state index contributed by atoms with van der Waals surface area (Å²) in [6.45, 7) is 9.23. The van der Waals surface area contributed by atoms with Gasteiger partial charge in [0.1, 0.15) is 0 Å². The van der Waals surface area contributed by atoms with E-state index in [4.69, 9.17) is 0 Å². The molecule has 0 amide bonds. The van der Waals surface area contributed by atoms with Crippen molar-refractivity contribution in [2.24, 2.45) is 29.1 Å². The van der Waals surface area contributed by atoms with E-state index >= 15 is 0 Å². The fourth-order valence-electron chi connectivity index (χ4n) is 5.90. The van der Waals surface area contributed by atoms with Crippen LogP contribution in [0.4, 0.5) is 0 Å². The molecule has 0 N–H and O–H groups in total. The molecule has 0 aromatic heterocycles. The molecule has 0 nitrogen and oxygen atoms in total. The Morgan fingerprint density at radius 3 is 2.85 bits per heavy atom. The molecule has 0 saturated heterocycles. The Labute approximate surface area is 124 Å². The van der Waals surface area contributed by atoms with Crippen LogP contribution < -0.4 is 0 Å². The third-order valence-corrected chi connectivity index (χ3v) is 7.16. The molecule has 0 spiro atoms. The molecule has 3 unspecified atom stereocenters. The topological polar surface area (TPSA) is 0 Å². The minimum Gasteiger partial charge on any atom is -0.0958 e. The Balaban J connectivity index is 1.73. The molecule has 4 rings (SSSR count). The fraction of sp³-hybridized carbons (Fsp3) is 0.700. The zero-order valence-electron chi connectivity index (χ0n) is 13.1.